The number of nitrogens with zero attached hydrogens (tertiary/aromatic N) is 2. The highest BCUT2D eigenvalue weighted by molar-refractivity contribution is 6.30. The maximum Gasteiger partial charge on any atom is 0.0426 e. The number of hydrogen-bond donors (Lipinski definition) is 1. The normalized spacial score (nSPS) is 27.2. The smallest absolute Gasteiger partial charge is 0.0426 e. The van der Waals surface area contributed by atoms with E-state index in [2.05, 4.69) is 34.1 Å². The molecule has 0 amide bonds. The summed E-state index contributed by atoms with van der Waals surface area (Å²) in [6.07, 6.45) is 5.54. The number of anilines is 1. The first-order chi connectivity index (χ1) is 9.70. The Kier molecular flexibility index (Phi) is 4.29. The molecule has 2 unspecified atom stereocenters. The van der Waals surface area contributed by atoms with Crippen molar-refractivity contribution < 1.29 is 0 Å². The van der Waals surface area contributed by atoms with E-state index < -0.39 is 0 Å². The van der Waals surface area contributed by atoms with E-state index in [9.17, 15) is 0 Å². The van der Waals surface area contributed by atoms with Crippen molar-refractivity contribution in [3.63, 3.8) is 0 Å². The molecule has 1 aliphatic heterocycles. The molecule has 4 heteroatoms. The fraction of sp³-hybridized carbons (Fsp3) is 0.500. The Labute approximate surface area is 126 Å². The Morgan fingerprint density at radius 2 is 1.95 bits per heavy atom. The van der Waals surface area contributed by atoms with Crippen LogP contribution in [-0.4, -0.2) is 43.7 Å². The minimum absolute atomic E-state index is 0.271. The second-order valence-corrected chi connectivity index (χ2v) is 6.25. The molecule has 1 aromatic carbocycles. The molecule has 2 N–H and O–H groups in total. The van der Waals surface area contributed by atoms with Crippen LogP contribution < -0.4 is 10.6 Å². The molecule has 0 saturated carbocycles. The quantitative estimate of drug-likeness (QED) is 0.868. The predicted octanol–water partition coefficient (Wildman–Crippen LogP) is 2.37. The third-order valence-corrected chi connectivity index (χ3v) is 4.48. The fourth-order valence-corrected chi connectivity index (χ4v) is 3.32. The largest absolute Gasteiger partial charge is 0.369 e. The van der Waals surface area contributed by atoms with Crippen molar-refractivity contribution in [2.24, 2.45) is 11.7 Å². The van der Waals surface area contributed by atoms with Crippen LogP contribution in [0.2, 0.25) is 5.02 Å². The summed E-state index contributed by atoms with van der Waals surface area (Å²) in [5, 5.41) is 0.815. The molecule has 2 aliphatic rings. The number of nitrogens with two attached hydrogens (primary N) is 1. The highest BCUT2D eigenvalue weighted by Gasteiger charge is 2.22. The molecule has 108 valence electrons. The van der Waals surface area contributed by atoms with Gasteiger partial charge in [0.05, 0.1) is 0 Å². The van der Waals surface area contributed by atoms with Gasteiger partial charge >= 0.3 is 0 Å². The summed E-state index contributed by atoms with van der Waals surface area (Å²) in [5.41, 5.74) is 7.15. The van der Waals surface area contributed by atoms with E-state index in [4.69, 9.17) is 17.3 Å². The monoisotopic (exact) mass is 291 g/mol. The van der Waals surface area contributed by atoms with Crippen molar-refractivity contribution in [1.29, 1.82) is 0 Å². The Hall–Kier alpha value is -1.03. The minimum atomic E-state index is 0.271. The zero-order valence-electron chi connectivity index (χ0n) is 11.7. The summed E-state index contributed by atoms with van der Waals surface area (Å²) in [6.45, 7) is 5.53. The molecule has 3 rings (SSSR count). The van der Waals surface area contributed by atoms with Crippen molar-refractivity contribution in [1.82, 2.24) is 4.90 Å². The Morgan fingerprint density at radius 3 is 2.60 bits per heavy atom. The molecule has 2 atom stereocenters. The minimum Gasteiger partial charge on any atom is -0.369 e. The molecule has 0 aromatic heterocycles. The van der Waals surface area contributed by atoms with Gasteiger partial charge in [-0.15, -0.1) is 0 Å². The lowest BCUT2D eigenvalue weighted by atomic mass is 10.1. The van der Waals surface area contributed by atoms with E-state index in [1.165, 1.54) is 5.69 Å². The van der Waals surface area contributed by atoms with E-state index in [1.54, 1.807) is 0 Å². The average molecular weight is 292 g/mol. The summed E-state index contributed by atoms with van der Waals surface area (Å²) >= 11 is 6.06. The van der Waals surface area contributed by atoms with Gasteiger partial charge in [-0.05, 0) is 30.5 Å². The molecule has 20 heavy (non-hydrogen) atoms. The van der Waals surface area contributed by atoms with Gasteiger partial charge in [0, 0.05) is 49.5 Å². The number of halogens is 1. The first kappa shape index (κ1) is 13.9. The zero-order valence-corrected chi connectivity index (χ0v) is 12.5. The van der Waals surface area contributed by atoms with Crippen LogP contribution in [0.4, 0.5) is 5.69 Å². The highest BCUT2D eigenvalue weighted by Crippen LogP contribution is 2.22. The standard InChI is InChI=1S/C16H22ClN3/c17-14-2-1-3-16(11-14)20-8-6-19(7-9-20)12-13-4-5-15(18)10-13/h1-5,11,13,15H,6-10,12,18H2. The Balaban J connectivity index is 1.51. The molecule has 0 radical (unpaired) electrons. The van der Waals surface area contributed by atoms with Gasteiger partial charge in [0.25, 0.3) is 0 Å². The van der Waals surface area contributed by atoms with Crippen LogP contribution in [0.25, 0.3) is 0 Å². The maximum atomic E-state index is 6.06. The van der Waals surface area contributed by atoms with E-state index in [1.807, 2.05) is 12.1 Å². The third kappa shape index (κ3) is 3.35. The second-order valence-electron chi connectivity index (χ2n) is 5.81. The summed E-state index contributed by atoms with van der Waals surface area (Å²) in [5.74, 6) is 0.641. The number of benzene rings is 1. The van der Waals surface area contributed by atoms with E-state index >= 15 is 0 Å². The molecule has 1 heterocycles. The second kappa shape index (κ2) is 6.17. The molecule has 1 aromatic rings. The van der Waals surface area contributed by atoms with Crippen molar-refractivity contribution in [2.75, 3.05) is 37.6 Å². The number of rotatable bonds is 3. The molecule has 1 saturated heterocycles. The summed E-state index contributed by atoms with van der Waals surface area (Å²) in [4.78, 5) is 4.96. The van der Waals surface area contributed by atoms with Crippen LogP contribution >= 0.6 is 11.6 Å². The summed E-state index contributed by atoms with van der Waals surface area (Å²) in [7, 11) is 0. The van der Waals surface area contributed by atoms with Crippen molar-refractivity contribution in [3.05, 3.63) is 41.4 Å². The molecular formula is C16H22ClN3. The fourth-order valence-electron chi connectivity index (χ4n) is 3.14. The Morgan fingerprint density at radius 1 is 1.15 bits per heavy atom. The predicted molar refractivity (Wildman–Crippen MR) is 85.3 cm³/mol. The van der Waals surface area contributed by atoms with Gasteiger partial charge in [0.2, 0.25) is 0 Å². The number of piperazine rings is 1. The summed E-state index contributed by atoms with van der Waals surface area (Å²) < 4.78 is 0. The lowest BCUT2D eigenvalue weighted by Crippen LogP contribution is -2.47. The SMILES string of the molecule is NC1C=CC(CN2CCN(c3cccc(Cl)c3)CC2)C1. The molecule has 0 bridgehead atoms. The van der Waals surface area contributed by atoms with Gasteiger partial charge in [-0.1, -0.05) is 29.8 Å². The first-order valence-electron chi connectivity index (χ1n) is 7.37. The highest BCUT2D eigenvalue weighted by atomic mass is 35.5. The lowest BCUT2D eigenvalue weighted by Gasteiger charge is -2.37. The van der Waals surface area contributed by atoms with Crippen LogP contribution in [0.5, 0.6) is 0 Å². The van der Waals surface area contributed by atoms with Crippen molar-refractivity contribution in [2.45, 2.75) is 12.5 Å². The van der Waals surface area contributed by atoms with Crippen molar-refractivity contribution >= 4 is 17.3 Å². The van der Waals surface area contributed by atoms with Crippen molar-refractivity contribution in [3.8, 4) is 0 Å². The Bertz CT molecular complexity index is 480. The first-order valence-corrected chi connectivity index (χ1v) is 7.75. The molecule has 0 spiro atoms. The van der Waals surface area contributed by atoms with Crippen LogP contribution in [0.1, 0.15) is 6.42 Å². The molecule has 1 fully saturated rings. The van der Waals surface area contributed by atoms with Gasteiger partial charge in [-0.3, -0.25) is 4.90 Å². The lowest BCUT2D eigenvalue weighted by molar-refractivity contribution is 0.232. The third-order valence-electron chi connectivity index (χ3n) is 4.24. The topological polar surface area (TPSA) is 32.5 Å². The molecule has 3 nitrogen and oxygen atoms in total. The zero-order chi connectivity index (χ0) is 13.9. The van der Waals surface area contributed by atoms with Crippen LogP contribution in [0.3, 0.4) is 0 Å². The van der Waals surface area contributed by atoms with Gasteiger partial charge in [-0.25, -0.2) is 0 Å². The van der Waals surface area contributed by atoms with E-state index in [0.717, 1.165) is 44.2 Å². The van der Waals surface area contributed by atoms with E-state index in [0.29, 0.717) is 5.92 Å². The van der Waals surface area contributed by atoms with E-state index in [-0.39, 0.29) is 6.04 Å². The van der Waals surface area contributed by atoms with Crippen LogP contribution in [0, 0.1) is 5.92 Å². The van der Waals surface area contributed by atoms with Gasteiger partial charge in [-0.2, -0.15) is 0 Å². The van der Waals surface area contributed by atoms with Crippen LogP contribution in [0.15, 0.2) is 36.4 Å². The average Bonchev–Trinajstić information content (AvgIpc) is 2.85. The maximum absolute atomic E-state index is 6.06. The number of hydrogen-bond acceptors (Lipinski definition) is 3. The van der Waals surface area contributed by atoms with Gasteiger partial charge in [0.15, 0.2) is 0 Å². The van der Waals surface area contributed by atoms with Crippen LogP contribution in [-0.2, 0) is 0 Å². The van der Waals surface area contributed by atoms with Gasteiger partial charge < -0.3 is 10.6 Å². The molecular weight excluding hydrogens is 270 g/mol. The molecule has 1 aliphatic carbocycles. The summed E-state index contributed by atoms with van der Waals surface area (Å²) in [6, 6.07) is 8.41. The van der Waals surface area contributed by atoms with Gasteiger partial charge in [0.1, 0.15) is 0 Å².